The van der Waals surface area contributed by atoms with Gasteiger partial charge < -0.3 is 9.84 Å². The van der Waals surface area contributed by atoms with Gasteiger partial charge in [0, 0.05) is 5.56 Å². The van der Waals surface area contributed by atoms with Crippen LogP contribution in [0.25, 0.3) is 0 Å². The Kier molecular flexibility index (Phi) is 4.37. The van der Waals surface area contributed by atoms with E-state index < -0.39 is 0 Å². The number of ether oxygens (including phenoxy) is 1. The Morgan fingerprint density at radius 2 is 2.11 bits per heavy atom. The molecule has 98 valence electrons. The zero-order chi connectivity index (χ0) is 13.0. The highest BCUT2D eigenvalue weighted by Crippen LogP contribution is 2.27. The molecule has 1 N–H and O–H groups in total. The standard InChI is InChI=1S/C15H19FO2/c1-11-4-2-3-5-12(11)10-18-15-7-6-14(16)8-13(15)9-17/h2-3,6-8,11-12,17H,4-5,9-10H2,1H3. The van der Waals surface area contributed by atoms with E-state index in [4.69, 9.17) is 4.74 Å². The van der Waals surface area contributed by atoms with Crippen molar-refractivity contribution < 1.29 is 14.2 Å². The molecule has 2 nitrogen and oxygen atoms in total. The largest absolute Gasteiger partial charge is 0.493 e. The quantitative estimate of drug-likeness (QED) is 0.831. The Bertz CT molecular complexity index is 429. The van der Waals surface area contributed by atoms with Gasteiger partial charge >= 0.3 is 0 Å². The van der Waals surface area contributed by atoms with Crippen LogP contribution in [0.2, 0.25) is 0 Å². The normalized spacial score (nSPS) is 23.1. The second-order valence-corrected chi connectivity index (χ2v) is 4.90. The Morgan fingerprint density at radius 3 is 2.83 bits per heavy atom. The molecule has 1 aromatic carbocycles. The van der Waals surface area contributed by atoms with Crippen molar-refractivity contribution in [2.24, 2.45) is 11.8 Å². The highest BCUT2D eigenvalue weighted by Gasteiger charge is 2.19. The minimum atomic E-state index is -0.347. The molecule has 0 fully saturated rings. The van der Waals surface area contributed by atoms with E-state index in [1.54, 1.807) is 6.07 Å². The predicted octanol–water partition coefficient (Wildman–Crippen LogP) is 3.30. The lowest BCUT2D eigenvalue weighted by atomic mass is 9.85. The van der Waals surface area contributed by atoms with Gasteiger partial charge in [-0.2, -0.15) is 0 Å². The lowest BCUT2D eigenvalue weighted by molar-refractivity contribution is 0.191. The van der Waals surface area contributed by atoms with Crippen molar-refractivity contribution >= 4 is 0 Å². The predicted molar refractivity (Wildman–Crippen MR) is 68.8 cm³/mol. The van der Waals surface area contributed by atoms with E-state index in [1.165, 1.54) is 12.1 Å². The van der Waals surface area contributed by atoms with Gasteiger partial charge in [0.2, 0.25) is 0 Å². The number of benzene rings is 1. The van der Waals surface area contributed by atoms with Crippen molar-refractivity contribution in [1.29, 1.82) is 0 Å². The van der Waals surface area contributed by atoms with Gasteiger partial charge in [0.1, 0.15) is 11.6 Å². The highest BCUT2D eigenvalue weighted by molar-refractivity contribution is 5.33. The van der Waals surface area contributed by atoms with Crippen LogP contribution in [-0.4, -0.2) is 11.7 Å². The van der Waals surface area contributed by atoms with E-state index in [0.29, 0.717) is 29.8 Å². The van der Waals surface area contributed by atoms with Crippen LogP contribution < -0.4 is 4.74 Å². The lowest BCUT2D eigenvalue weighted by Crippen LogP contribution is -2.21. The SMILES string of the molecule is CC1CC=CCC1COc1ccc(F)cc1CO. The van der Waals surface area contributed by atoms with Crippen molar-refractivity contribution in [1.82, 2.24) is 0 Å². The average molecular weight is 250 g/mol. The summed E-state index contributed by atoms with van der Waals surface area (Å²) in [6.45, 7) is 2.63. The number of halogens is 1. The monoisotopic (exact) mass is 250 g/mol. The van der Waals surface area contributed by atoms with Gasteiger partial charge in [-0.1, -0.05) is 19.1 Å². The average Bonchev–Trinajstić information content (AvgIpc) is 2.39. The maximum absolute atomic E-state index is 13.0. The van der Waals surface area contributed by atoms with Gasteiger partial charge in [0.25, 0.3) is 0 Å². The van der Waals surface area contributed by atoms with Crippen LogP contribution in [0.4, 0.5) is 4.39 Å². The van der Waals surface area contributed by atoms with Crippen LogP contribution in [0.1, 0.15) is 25.3 Å². The van der Waals surface area contributed by atoms with Gasteiger partial charge in [0.15, 0.2) is 0 Å². The second kappa shape index (κ2) is 6.01. The first-order chi connectivity index (χ1) is 8.70. The molecule has 0 heterocycles. The van der Waals surface area contributed by atoms with E-state index in [9.17, 15) is 9.50 Å². The van der Waals surface area contributed by atoms with Gasteiger partial charge in [-0.3, -0.25) is 0 Å². The van der Waals surface area contributed by atoms with Crippen molar-refractivity contribution in [2.45, 2.75) is 26.4 Å². The van der Waals surface area contributed by atoms with Crippen molar-refractivity contribution in [3.8, 4) is 5.75 Å². The summed E-state index contributed by atoms with van der Waals surface area (Å²) in [6.07, 6.45) is 6.50. The van der Waals surface area contributed by atoms with E-state index in [-0.39, 0.29) is 12.4 Å². The van der Waals surface area contributed by atoms with Crippen molar-refractivity contribution in [3.63, 3.8) is 0 Å². The maximum Gasteiger partial charge on any atom is 0.125 e. The summed E-state index contributed by atoms with van der Waals surface area (Å²) in [5, 5.41) is 9.17. The highest BCUT2D eigenvalue weighted by atomic mass is 19.1. The molecule has 0 radical (unpaired) electrons. The molecular weight excluding hydrogens is 231 g/mol. The third-order valence-electron chi connectivity index (χ3n) is 3.56. The summed E-state index contributed by atoms with van der Waals surface area (Å²) in [6, 6.07) is 4.27. The van der Waals surface area contributed by atoms with Crippen molar-refractivity contribution in [2.75, 3.05) is 6.61 Å². The number of allylic oxidation sites excluding steroid dienone is 2. The summed E-state index contributed by atoms with van der Waals surface area (Å²) in [7, 11) is 0. The molecule has 1 aromatic rings. The molecule has 2 unspecified atom stereocenters. The van der Waals surface area contributed by atoms with E-state index in [2.05, 4.69) is 19.1 Å². The fourth-order valence-electron chi connectivity index (χ4n) is 2.25. The topological polar surface area (TPSA) is 29.5 Å². The molecule has 0 saturated heterocycles. The summed E-state index contributed by atoms with van der Waals surface area (Å²) in [5.41, 5.74) is 0.508. The maximum atomic E-state index is 13.0. The molecule has 18 heavy (non-hydrogen) atoms. The Hall–Kier alpha value is -1.35. The first-order valence-corrected chi connectivity index (χ1v) is 6.37. The molecule has 0 saturated carbocycles. The summed E-state index contributed by atoms with van der Waals surface area (Å²) >= 11 is 0. The van der Waals surface area contributed by atoms with Gasteiger partial charge in [0.05, 0.1) is 13.2 Å². The van der Waals surface area contributed by atoms with Crippen LogP contribution in [0.15, 0.2) is 30.4 Å². The molecule has 1 aliphatic rings. The van der Waals surface area contributed by atoms with Gasteiger partial charge in [-0.05, 0) is 42.9 Å². The number of hydrogen-bond acceptors (Lipinski definition) is 2. The first kappa shape index (κ1) is 13.1. The van der Waals surface area contributed by atoms with Crippen LogP contribution in [0.3, 0.4) is 0 Å². The molecule has 0 spiro atoms. The number of hydrogen-bond donors (Lipinski definition) is 1. The van der Waals surface area contributed by atoms with Crippen LogP contribution in [0, 0.1) is 17.7 Å². The molecule has 0 aliphatic heterocycles. The fourth-order valence-corrected chi connectivity index (χ4v) is 2.25. The summed E-state index contributed by atoms with van der Waals surface area (Å²) < 4.78 is 18.7. The van der Waals surface area contributed by atoms with Crippen molar-refractivity contribution in [3.05, 3.63) is 41.7 Å². The Balaban J connectivity index is 1.99. The molecule has 0 aromatic heterocycles. The number of aliphatic hydroxyl groups excluding tert-OH is 1. The first-order valence-electron chi connectivity index (χ1n) is 6.37. The summed E-state index contributed by atoms with van der Waals surface area (Å²) in [5.74, 6) is 1.33. The fraction of sp³-hybridized carbons (Fsp3) is 0.467. The Morgan fingerprint density at radius 1 is 1.33 bits per heavy atom. The summed E-state index contributed by atoms with van der Waals surface area (Å²) in [4.78, 5) is 0. The van der Waals surface area contributed by atoms with E-state index in [1.807, 2.05) is 0 Å². The minimum Gasteiger partial charge on any atom is -0.493 e. The zero-order valence-corrected chi connectivity index (χ0v) is 10.6. The van der Waals surface area contributed by atoms with Crippen LogP contribution in [0.5, 0.6) is 5.75 Å². The third kappa shape index (κ3) is 3.10. The van der Waals surface area contributed by atoms with E-state index in [0.717, 1.165) is 12.8 Å². The second-order valence-electron chi connectivity index (χ2n) is 4.90. The molecule has 1 aliphatic carbocycles. The molecule has 2 rings (SSSR count). The molecular formula is C15H19FO2. The van der Waals surface area contributed by atoms with Gasteiger partial charge in [-0.25, -0.2) is 4.39 Å². The third-order valence-corrected chi connectivity index (χ3v) is 3.56. The Labute approximate surface area is 107 Å². The number of aliphatic hydroxyl groups is 1. The number of rotatable bonds is 4. The zero-order valence-electron chi connectivity index (χ0n) is 10.6. The molecule has 2 atom stereocenters. The molecule has 0 amide bonds. The lowest BCUT2D eigenvalue weighted by Gasteiger charge is -2.25. The molecule has 0 bridgehead atoms. The van der Waals surface area contributed by atoms with Gasteiger partial charge in [-0.15, -0.1) is 0 Å². The minimum absolute atomic E-state index is 0.201. The van der Waals surface area contributed by atoms with E-state index >= 15 is 0 Å². The van der Waals surface area contributed by atoms with Crippen LogP contribution in [-0.2, 0) is 6.61 Å². The molecule has 3 heteroatoms. The smallest absolute Gasteiger partial charge is 0.125 e. The van der Waals surface area contributed by atoms with Crippen LogP contribution >= 0.6 is 0 Å².